The van der Waals surface area contributed by atoms with Crippen LogP contribution in [-0.4, -0.2) is 47.0 Å². The molecule has 0 bridgehead atoms. The lowest BCUT2D eigenvalue weighted by atomic mass is 10.3. The molecular weight excluding hydrogens is 350 g/mol. The quantitative estimate of drug-likeness (QED) is 0.840. The number of hydrogen-bond acceptors (Lipinski definition) is 7. The summed E-state index contributed by atoms with van der Waals surface area (Å²) in [4.78, 5) is 42.8. The number of urea groups is 1. The zero-order chi connectivity index (χ0) is 17.3. The number of amides is 3. The van der Waals surface area contributed by atoms with Gasteiger partial charge in [-0.3, -0.25) is 9.69 Å². The molecule has 9 heteroatoms. The number of esters is 1. The number of hydrogen-bond donors (Lipinski definition) is 1. The summed E-state index contributed by atoms with van der Waals surface area (Å²) in [5.41, 5.74) is 0.562. The van der Waals surface area contributed by atoms with Gasteiger partial charge in [-0.2, -0.15) is 0 Å². The third kappa shape index (κ3) is 3.17. The second kappa shape index (κ2) is 6.70. The van der Waals surface area contributed by atoms with Gasteiger partial charge in [-0.15, -0.1) is 22.7 Å². The van der Waals surface area contributed by atoms with Crippen molar-refractivity contribution in [3.05, 3.63) is 28.1 Å². The molecule has 0 aliphatic carbocycles. The number of nitrogens with one attached hydrogen (secondary N) is 1. The number of thiophene rings is 1. The van der Waals surface area contributed by atoms with Gasteiger partial charge in [-0.1, -0.05) is 6.07 Å². The van der Waals surface area contributed by atoms with Crippen LogP contribution in [0.15, 0.2) is 17.5 Å². The van der Waals surface area contributed by atoms with Gasteiger partial charge < -0.3 is 10.1 Å². The van der Waals surface area contributed by atoms with Crippen LogP contribution in [0, 0.1) is 6.92 Å². The van der Waals surface area contributed by atoms with Crippen LogP contribution in [-0.2, 0) is 9.53 Å². The van der Waals surface area contributed by atoms with Crippen LogP contribution in [0.5, 0.6) is 0 Å². The highest BCUT2D eigenvalue weighted by Crippen LogP contribution is 2.31. The Morgan fingerprint density at radius 1 is 1.46 bits per heavy atom. The van der Waals surface area contributed by atoms with E-state index in [1.54, 1.807) is 6.92 Å². The van der Waals surface area contributed by atoms with E-state index in [4.69, 9.17) is 4.74 Å². The summed E-state index contributed by atoms with van der Waals surface area (Å²) < 4.78 is 5.23. The fourth-order valence-corrected chi connectivity index (χ4v) is 4.00. The van der Waals surface area contributed by atoms with E-state index in [0.717, 1.165) is 14.8 Å². The SMILES string of the molecule is Cc1nc(-c2cccs2)sc1C(=O)OC(C)C(=O)N1CCNC1=O. The van der Waals surface area contributed by atoms with Gasteiger partial charge in [0.25, 0.3) is 5.91 Å². The molecule has 0 aromatic carbocycles. The summed E-state index contributed by atoms with van der Waals surface area (Å²) in [7, 11) is 0. The Morgan fingerprint density at radius 2 is 2.25 bits per heavy atom. The number of carbonyl (C=O) groups excluding carboxylic acids is 3. The zero-order valence-electron chi connectivity index (χ0n) is 13.1. The Kier molecular flexibility index (Phi) is 4.63. The van der Waals surface area contributed by atoms with Crippen LogP contribution in [0.25, 0.3) is 9.88 Å². The van der Waals surface area contributed by atoms with Crippen molar-refractivity contribution >= 4 is 40.6 Å². The van der Waals surface area contributed by atoms with Crippen molar-refractivity contribution in [2.45, 2.75) is 20.0 Å². The molecule has 24 heavy (non-hydrogen) atoms. The molecule has 3 amide bonds. The molecule has 1 fully saturated rings. The fraction of sp³-hybridized carbons (Fsp3) is 0.333. The van der Waals surface area contributed by atoms with E-state index < -0.39 is 24.0 Å². The number of aromatic nitrogens is 1. The Balaban J connectivity index is 1.70. The van der Waals surface area contributed by atoms with Crippen LogP contribution in [0.1, 0.15) is 22.3 Å². The van der Waals surface area contributed by atoms with E-state index in [1.165, 1.54) is 29.6 Å². The van der Waals surface area contributed by atoms with Gasteiger partial charge in [-0.05, 0) is 25.3 Å². The maximum Gasteiger partial charge on any atom is 0.351 e. The van der Waals surface area contributed by atoms with Crippen molar-refractivity contribution < 1.29 is 19.1 Å². The highest BCUT2D eigenvalue weighted by atomic mass is 32.1. The smallest absolute Gasteiger partial charge is 0.351 e. The molecule has 2 aromatic heterocycles. The summed E-state index contributed by atoms with van der Waals surface area (Å²) in [6.45, 7) is 3.87. The molecule has 1 N–H and O–H groups in total. The molecule has 126 valence electrons. The Morgan fingerprint density at radius 3 is 2.88 bits per heavy atom. The minimum Gasteiger partial charge on any atom is -0.448 e. The minimum absolute atomic E-state index is 0.279. The first-order valence-corrected chi connectivity index (χ1v) is 8.98. The molecule has 1 aliphatic rings. The normalized spacial score (nSPS) is 15.2. The lowest BCUT2D eigenvalue weighted by molar-refractivity contribution is -0.136. The molecule has 7 nitrogen and oxygen atoms in total. The number of nitrogens with zero attached hydrogens (tertiary/aromatic N) is 2. The van der Waals surface area contributed by atoms with E-state index >= 15 is 0 Å². The second-order valence-corrected chi connectivity index (χ2v) is 7.13. The molecule has 1 saturated heterocycles. The summed E-state index contributed by atoms with van der Waals surface area (Å²) in [6, 6.07) is 3.38. The highest BCUT2D eigenvalue weighted by molar-refractivity contribution is 7.22. The Labute approximate surface area is 146 Å². The molecule has 3 rings (SSSR count). The average Bonchev–Trinajstić information content (AvgIpc) is 3.26. The number of ether oxygens (including phenoxy) is 1. The molecule has 1 atom stereocenters. The fourth-order valence-electron chi connectivity index (χ4n) is 2.26. The standard InChI is InChI=1S/C15H15N3O4S2/c1-8-11(24-12(17-8)10-4-3-7-23-10)14(20)22-9(2)13(19)18-6-5-16-15(18)21/h3-4,7,9H,5-6H2,1-2H3,(H,16,21). The molecule has 0 saturated carbocycles. The van der Waals surface area contributed by atoms with Crippen LogP contribution < -0.4 is 5.32 Å². The Bertz CT molecular complexity index is 785. The number of aryl methyl sites for hydroxylation is 1. The number of thiazole rings is 1. The lowest BCUT2D eigenvalue weighted by Crippen LogP contribution is -2.41. The molecular formula is C15H15N3O4S2. The molecule has 0 radical (unpaired) electrons. The number of rotatable bonds is 4. The van der Waals surface area contributed by atoms with Gasteiger partial charge in [0.05, 0.1) is 10.6 Å². The largest absolute Gasteiger partial charge is 0.448 e. The molecule has 0 spiro atoms. The third-order valence-electron chi connectivity index (χ3n) is 3.47. The monoisotopic (exact) mass is 365 g/mol. The van der Waals surface area contributed by atoms with Crippen LogP contribution >= 0.6 is 22.7 Å². The maximum absolute atomic E-state index is 12.3. The average molecular weight is 365 g/mol. The topological polar surface area (TPSA) is 88.6 Å². The van der Waals surface area contributed by atoms with Crippen molar-refractivity contribution in [1.82, 2.24) is 15.2 Å². The van der Waals surface area contributed by atoms with Gasteiger partial charge in [0.15, 0.2) is 6.10 Å². The van der Waals surface area contributed by atoms with Crippen molar-refractivity contribution in [3.8, 4) is 9.88 Å². The van der Waals surface area contributed by atoms with Gasteiger partial charge in [0.1, 0.15) is 9.88 Å². The predicted octanol–water partition coefficient (Wildman–Crippen LogP) is 2.28. The van der Waals surface area contributed by atoms with Crippen molar-refractivity contribution in [2.24, 2.45) is 0 Å². The van der Waals surface area contributed by atoms with Gasteiger partial charge in [0, 0.05) is 13.1 Å². The van der Waals surface area contributed by atoms with Crippen molar-refractivity contribution in [3.63, 3.8) is 0 Å². The molecule has 1 aliphatic heterocycles. The van der Waals surface area contributed by atoms with E-state index in [-0.39, 0.29) is 6.54 Å². The number of carbonyl (C=O) groups is 3. The Hall–Kier alpha value is -2.26. The molecule has 3 heterocycles. The highest BCUT2D eigenvalue weighted by Gasteiger charge is 2.32. The summed E-state index contributed by atoms with van der Waals surface area (Å²) in [5.74, 6) is -1.13. The lowest BCUT2D eigenvalue weighted by Gasteiger charge is -2.17. The van der Waals surface area contributed by atoms with E-state index in [1.807, 2.05) is 17.5 Å². The van der Waals surface area contributed by atoms with Gasteiger partial charge >= 0.3 is 12.0 Å². The number of imide groups is 1. The first-order valence-electron chi connectivity index (χ1n) is 7.29. The summed E-state index contributed by atoms with van der Waals surface area (Å²) in [5, 5.41) is 5.22. The van der Waals surface area contributed by atoms with E-state index in [0.29, 0.717) is 17.1 Å². The third-order valence-corrected chi connectivity index (χ3v) is 5.64. The van der Waals surface area contributed by atoms with Crippen LogP contribution in [0.2, 0.25) is 0 Å². The van der Waals surface area contributed by atoms with Crippen molar-refractivity contribution in [2.75, 3.05) is 13.1 Å². The molecule has 1 unspecified atom stereocenters. The molecule has 2 aromatic rings. The first-order chi connectivity index (χ1) is 11.5. The minimum atomic E-state index is -1.03. The first kappa shape index (κ1) is 16.6. The van der Waals surface area contributed by atoms with E-state index in [2.05, 4.69) is 10.3 Å². The van der Waals surface area contributed by atoms with Gasteiger partial charge in [0.2, 0.25) is 0 Å². The van der Waals surface area contributed by atoms with Gasteiger partial charge in [-0.25, -0.2) is 14.6 Å². The zero-order valence-corrected chi connectivity index (χ0v) is 14.7. The second-order valence-electron chi connectivity index (χ2n) is 5.18. The predicted molar refractivity (Wildman–Crippen MR) is 90.2 cm³/mol. The summed E-state index contributed by atoms with van der Waals surface area (Å²) >= 11 is 2.77. The maximum atomic E-state index is 12.3. The van der Waals surface area contributed by atoms with Crippen molar-refractivity contribution in [1.29, 1.82) is 0 Å². The summed E-state index contributed by atoms with van der Waals surface area (Å²) in [6.07, 6.45) is -1.03. The van der Waals surface area contributed by atoms with E-state index in [9.17, 15) is 14.4 Å². The van der Waals surface area contributed by atoms with Crippen LogP contribution in [0.4, 0.5) is 4.79 Å². The van der Waals surface area contributed by atoms with Crippen LogP contribution in [0.3, 0.4) is 0 Å².